The normalized spacial score (nSPS) is 16.5. The molecule has 5 rings (SSSR count). The summed E-state index contributed by atoms with van der Waals surface area (Å²) in [5.41, 5.74) is 4.32. The number of nitrogens with one attached hydrogen (secondary N) is 4. The minimum absolute atomic E-state index is 0.00431. The van der Waals surface area contributed by atoms with Crippen molar-refractivity contribution < 1.29 is 22.8 Å². The number of nitrogens with zero attached hydrogens (tertiary/aromatic N) is 4. The molecule has 1 saturated heterocycles. The van der Waals surface area contributed by atoms with E-state index in [0.29, 0.717) is 56.0 Å². The number of halogens is 3. The maximum atomic E-state index is 12.9. The predicted molar refractivity (Wildman–Crippen MR) is 167 cm³/mol. The van der Waals surface area contributed by atoms with Gasteiger partial charge in [0.25, 0.3) is 5.91 Å². The van der Waals surface area contributed by atoms with Gasteiger partial charge in [0, 0.05) is 55.4 Å². The van der Waals surface area contributed by atoms with Gasteiger partial charge in [-0.25, -0.2) is 9.97 Å². The Morgan fingerprint density at radius 2 is 1.78 bits per heavy atom. The van der Waals surface area contributed by atoms with Crippen LogP contribution in [0.1, 0.15) is 60.1 Å². The number of aryl methyl sites for hydroxylation is 1. The topological polar surface area (TPSA) is 124 Å². The SMILES string of the molecule is C=CCNC(=O)c1cnc(Nc2ccc(N3CCC(CNC(=O)C(F)(F)F)CC3)cc2)nc1Nc1ccc2c(n1)C(CC)CC2. The Labute approximate surface area is 259 Å². The molecule has 3 heterocycles. The molecule has 0 bridgehead atoms. The summed E-state index contributed by atoms with van der Waals surface area (Å²) < 4.78 is 37.4. The Kier molecular flexibility index (Phi) is 9.84. The molecule has 0 spiro atoms. The molecule has 2 aliphatic rings. The molecule has 2 aromatic heterocycles. The number of hydrogen-bond donors (Lipinski definition) is 4. The molecule has 2 amide bonds. The van der Waals surface area contributed by atoms with Crippen molar-refractivity contribution in [1.29, 1.82) is 0 Å². The number of hydrogen-bond acceptors (Lipinski definition) is 8. The lowest BCUT2D eigenvalue weighted by molar-refractivity contribution is -0.173. The van der Waals surface area contributed by atoms with Gasteiger partial charge in [-0.2, -0.15) is 18.2 Å². The second kappa shape index (κ2) is 14.0. The van der Waals surface area contributed by atoms with Gasteiger partial charge in [0.05, 0.1) is 0 Å². The summed E-state index contributed by atoms with van der Waals surface area (Å²) in [6.07, 6.45) is 2.66. The highest BCUT2D eigenvalue weighted by atomic mass is 19.4. The van der Waals surface area contributed by atoms with Crippen LogP contribution in [0.5, 0.6) is 0 Å². The summed E-state index contributed by atoms with van der Waals surface area (Å²) in [7, 11) is 0. The van der Waals surface area contributed by atoms with Crippen molar-refractivity contribution in [3.63, 3.8) is 0 Å². The Morgan fingerprint density at radius 1 is 1.02 bits per heavy atom. The van der Waals surface area contributed by atoms with Crippen LogP contribution in [-0.4, -0.2) is 59.1 Å². The lowest BCUT2D eigenvalue weighted by Crippen LogP contribution is -2.42. The summed E-state index contributed by atoms with van der Waals surface area (Å²) in [4.78, 5) is 40.0. The van der Waals surface area contributed by atoms with Crippen molar-refractivity contribution >= 4 is 40.8 Å². The van der Waals surface area contributed by atoms with Gasteiger partial charge in [0.1, 0.15) is 17.2 Å². The first-order valence-corrected chi connectivity index (χ1v) is 15.1. The van der Waals surface area contributed by atoms with Gasteiger partial charge in [0.2, 0.25) is 5.95 Å². The molecule has 1 aliphatic carbocycles. The fraction of sp³-hybridized carbons (Fsp3) is 0.406. The second-order valence-electron chi connectivity index (χ2n) is 11.3. The minimum Gasteiger partial charge on any atom is -0.372 e. The van der Waals surface area contributed by atoms with E-state index in [-0.39, 0.29) is 23.9 Å². The van der Waals surface area contributed by atoms with Gasteiger partial charge in [-0.1, -0.05) is 19.1 Å². The third kappa shape index (κ3) is 7.89. The van der Waals surface area contributed by atoms with Crippen molar-refractivity contribution in [3.05, 3.63) is 72.1 Å². The number of rotatable bonds is 11. The van der Waals surface area contributed by atoms with E-state index in [1.54, 1.807) is 6.08 Å². The maximum absolute atomic E-state index is 12.9. The maximum Gasteiger partial charge on any atom is 0.471 e. The third-order valence-corrected chi connectivity index (χ3v) is 8.25. The molecule has 1 aliphatic heterocycles. The number of carbonyl (C=O) groups is 2. The van der Waals surface area contributed by atoms with Crippen LogP contribution in [-0.2, 0) is 11.2 Å². The molecule has 1 atom stereocenters. The first kappa shape index (κ1) is 31.7. The monoisotopic (exact) mass is 622 g/mol. The van der Waals surface area contributed by atoms with E-state index in [1.165, 1.54) is 11.8 Å². The molecule has 1 aromatic carbocycles. The smallest absolute Gasteiger partial charge is 0.372 e. The number of alkyl halides is 3. The highest BCUT2D eigenvalue weighted by molar-refractivity contribution is 5.99. The van der Waals surface area contributed by atoms with Crippen LogP contribution in [0.2, 0.25) is 0 Å². The number of amides is 2. The molecular weight excluding hydrogens is 585 g/mol. The number of piperidine rings is 1. The molecule has 0 radical (unpaired) electrons. The van der Waals surface area contributed by atoms with Crippen molar-refractivity contribution in [2.24, 2.45) is 5.92 Å². The largest absolute Gasteiger partial charge is 0.471 e. The van der Waals surface area contributed by atoms with Crippen LogP contribution in [0.3, 0.4) is 0 Å². The molecule has 13 heteroatoms. The Balaban J connectivity index is 1.24. The van der Waals surface area contributed by atoms with E-state index < -0.39 is 12.1 Å². The molecule has 3 aromatic rings. The molecule has 10 nitrogen and oxygen atoms in total. The zero-order chi connectivity index (χ0) is 32.0. The van der Waals surface area contributed by atoms with Crippen molar-refractivity contribution in [1.82, 2.24) is 25.6 Å². The van der Waals surface area contributed by atoms with Gasteiger partial charge in [0.15, 0.2) is 0 Å². The average molecular weight is 623 g/mol. The van der Waals surface area contributed by atoms with Gasteiger partial charge in [-0.15, -0.1) is 6.58 Å². The number of aromatic nitrogens is 3. The summed E-state index contributed by atoms with van der Waals surface area (Å²) in [6, 6.07) is 11.6. The molecule has 45 heavy (non-hydrogen) atoms. The van der Waals surface area contributed by atoms with Gasteiger partial charge < -0.3 is 26.2 Å². The van der Waals surface area contributed by atoms with Gasteiger partial charge in [-0.3, -0.25) is 9.59 Å². The third-order valence-electron chi connectivity index (χ3n) is 8.25. The molecule has 1 fully saturated rings. The zero-order valence-corrected chi connectivity index (χ0v) is 25.1. The van der Waals surface area contributed by atoms with Crippen LogP contribution in [0.25, 0.3) is 0 Å². The fourth-order valence-electron chi connectivity index (χ4n) is 5.70. The van der Waals surface area contributed by atoms with Crippen molar-refractivity contribution in [2.75, 3.05) is 41.7 Å². The molecule has 4 N–H and O–H groups in total. The van der Waals surface area contributed by atoms with Crippen LogP contribution in [0.4, 0.5) is 42.1 Å². The lowest BCUT2D eigenvalue weighted by Gasteiger charge is -2.33. The summed E-state index contributed by atoms with van der Waals surface area (Å²) in [5.74, 6) is -0.607. The first-order chi connectivity index (χ1) is 21.6. The molecule has 1 unspecified atom stereocenters. The van der Waals surface area contributed by atoms with E-state index in [0.717, 1.165) is 36.3 Å². The van der Waals surface area contributed by atoms with Crippen LogP contribution in [0, 0.1) is 5.92 Å². The standard InChI is InChI=1S/C32H37F3N8O2/c1-3-15-36-29(44)25-19-38-31(42-28(25)41-26-12-7-22-6-5-21(4-2)27(22)40-26)39-23-8-10-24(11-9-23)43-16-13-20(14-17-43)18-37-30(45)32(33,34)35/h3,7-12,19-21H,1,4-6,13-18H2,2H3,(H,36,44)(H,37,45)(H2,38,39,40,41,42). The van der Waals surface area contributed by atoms with E-state index >= 15 is 0 Å². The Hall–Kier alpha value is -4.68. The van der Waals surface area contributed by atoms with Crippen molar-refractivity contribution in [2.45, 2.75) is 51.1 Å². The van der Waals surface area contributed by atoms with Gasteiger partial charge in [-0.05, 0) is 73.9 Å². The quantitative estimate of drug-likeness (QED) is 0.204. The molecule has 238 valence electrons. The minimum atomic E-state index is -4.86. The summed E-state index contributed by atoms with van der Waals surface area (Å²) in [6.45, 7) is 7.47. The number of fused-ring (bicyclic) bond motifs is 1. The lowest BCUT2D eigenvalue weighted by atomic mass is 9.96. The van der Waals surface area contributed by atoms with Crippen LogP contribution < -0.4 is 26.2 Å². The predicted octanol–water partition coefficient (Wildman–Crippen LogP) is 5.61. The van der Waals surface area contributed by atoms with E-state index in [1.807, 2.05) is 35.6 Å². The number of anilines is 5. The van der Waals surface area contributed by atoms with Crippen molar-refractivity contribution in [3.8, 4) is 0 Å². The zero-order valence-electron chi connectivity index (χ0n) is 25.1. The molecule has 0 saturated carbocycles. The Morgan fingerprint density at radius 3 is 2.47 bits per heavy atom. The van der Waals surface area contributed by atoms with Gasteiger partial charge >= 0.3 is 12.1 Å². The second-order valence-corrected chi connectivity index (χ2v) is 11.3. The number of benzene rings is 1. The molecular formula is C32H37F3N8O2. The number of carbonyl (C=O) groups excluding carboxylic acids is 2. The fourth-order valence-corrected chi connectivity index (χ4v) is 5.70. The average Bonchev–Trinajstić information content (AvgIpc) is 3.45. The first-order valence-electron chi connectivity index (χ1n) is 15.1. The van der Waals surface area contributed by atoms with E-state index in [2.05, 4.69) is 50.4 Å². The van der Waals surface area contributed by atoms with E-state index in [9.17, 15) is 22.8 Å². The van der Waals surface area contributed by atoms with Crippen LogP contribution in [0.15, 0.2) is 55.3 Å². The van der Waals surface area contributed by atoms with E-state index in [4.69, 9.17) is 4.98 Å². The van der Waals surface area contributed by atoms with Crippen LogP contribution >= 0.6 is 0 Å². The summed E-state index contributed by atoms with van der Waals surface area (Å²) in [5, 5.41) is 11.2. The Bertz CT molecular complexity index is 1520. The summed E-state index contributed by atoms with van der Waals surface area (Å²) >= 11 is 0. The highest BCUT2D eigenvalue weighted by Crippen LogP contribution is 2.35. The highest BCUT2D eigenvalue weighted by Gasteiger charge is 2.38. The number of pyridine rings is 1.